The van der Waals surface area contributed by atoms with Crippen molar-refractivity contribution in [3.63, 3.8) is 0 Å². The molecule has 1 aromatic heterocycles. The Labute approximate surface area is 108 Å². The minimum atomic E-state index is 0.752. The zero-order valence-corrected chi connectivity index (χ0v) is 10.5. The summed E-state index contributed by atoms with van der Waals surface area (Å²) in [4.78, 5) is 4.41. The first kappa shape index (κ1) is 12.6. The lowest BCUT2D eigenvalue weighted by molar-refractivity contribution is 0.595. The maximum atomic E-state index is 5.68. The molecular weight excluding hydrogens is 224 g/mol. The van der Waals surface area contributed by atoms with Crippen LogP contribution in [0.15, 0.2) is 36.7 Å². The fourth-order valence-corrected chi connectivity index (χ4v) is 1.96. The lowest BCUT2D eigenvalue weighted by Gasteiger charge is -2.07. The predicted molar refractivity (Wildman–Crippen MR) is 74.2 cm³/mol. The van der Waals surface area contributed by atoms with Gasteiger partial charge in [0.15, 0.2) is 0 Å². The van der Waals surface area contributed by atoms with Crippen molar-refractivity contribution in [2.75, 3.05) is 12.3 Å². The molecule has 96 valence electrons. The smallest absolute Gasteiger partial charge is 0.113 e. The minimum absolute atomic E-state index is 0.752. The summed E-state index contributed by atoms with van der Waals surface area (Å²) in [5.74, 6) is 1.09. The Morgan fingerprint density at radius 2 is 1.89 bits per heavy atom. The highest BCUT2D eigenvalue weighted by atomic mass is 15.1. The van der Waals surface area contributed by atoms with Gasteiger partial charge in [-0.1, -0.05) is 12.1 Å². The summed E-state index contributed by atoms with van der Waals surface area (Å²) < 4.78 is 2.20. The van der Waals surface area contributed by atoms with Gasteiger partial charge >= 0.3 is 0 Å². The molecule has 2 aromatic rings. The highest BCUT2D eigenvalue weighted by Gasteiger charge is 2.03. The molecule has 0 aliphatic rings. The first-order chi connectivity index (χ1) is 8.79. The molecule has 18 heavy (non-hydrogen) atoms. The molecule has 0 fully saturated rings. The Bertz CT molecular complexity index is 473. The van der Waals surface area contributed by atoms with Crippen molar-refractivity contribution in [1.29, 1.82) is 0 Å². The minimum Gasteiger partial charge on any atom is -0.399 e. The van der Waals surface area contributed by atoms with Gasteiger partial charge in [-0.25, -0.2) is 4.98 Å². The molecule has 0 atom stereocenters. The number of nitrogen functional groups attached to an aromatic ring is 1. The largest absolute Gasteiger partial charge is 0.399 e. The molecule has 0 saturated heterocycles. The highest BCUT2D eigenvalue weighted by molar-refractivity contribution is 5.39. The number of aromatic nitrogens is 2. The molecule has 0 saturated carbocycles. The zero-order valence-electron chi connectivity index (χ0n) is 10.5. The molecule has 2 rings (SSSR count). The quantitative estimate of drug-likeness (QED) is 0.601. The van der Waals surface area contributed by atoms with E-state index in [4.69, 9.17) is 11.5 Å². The van der Waals surface area contributed by atoms with Gasteiger partial charge in [-0.2, -0.15) is 0 Å². The van der Waals surface area contributed by atoms with Gasteiger partial charge in [0.05, 0.1) is 0 Å². The fourth-order valence-electron chi connectivity index (χ4n) is 1.96. The van der Waals surface area contributed by atoms with E-state index in [9.17, 15) is 0 Å². The maximum absolute atomic E-state index is 5.68. The lowest BCUT2D eigenvalue weighted by Crippen LogP contribution is -2.06. The molecule has 0 spiro atoms. The predicted octanol–water partition coefficient (Wildman–Crippen LogP) is 1.79. The second-order valence-corrected chi connectivity index (χ2v) is 4.45. The first-order valence-electron chi connectivity index (χ1n) is 6.34. The average Bonchev–Trinajstić information content (AvgIpc) is 2.80. The third kappa shape index (κ3) is 3.34. The van der Waals surface area contributed by atoms with Gasteiger partial charge in [-0.05, 0) is 37.1 Å². The summed E-state index contributed by atoms with van der Waals surface area (Å²) in [6.45, 7) is 1.74. The topological polar surface area (TPSA) is 69.9 Å². The maximum Gasteiger partial charge on any atom is 0.113 e. The number of benzene rings is 1. The summed E-state index contributed by atoms with van der Waals surface area (Å²) >= 11 is 0. The SMILES string of the molecule is NCCCCn1ccnc1Cc1ccc(N)cc1. The van der Waals surface area contributed by atoms with E-state index in [0.29, 0.717) is 0 Å². The van der Waals surface area contributed by atoms with E-state index in [0.717, 1.165) is 43.9 Å². The molecular formula is C14H20N4. The van der Waals surface area contributed by atoms with Crippen LogP contribution in [0.3, 0.4) is 0 Å². The number of nitrogens with zero attached hydrogens (tertiary/aromatic N) is 2. The molecule has 0 radical (unpaired) electrons. The number of unbranched alkanes of at least 4 members (excludes halogenated alkanes) is 1. The van der Waals surface area contributed by atoms with E-state index in [-0.39, 0.29) is 0 Å². The monoisotopic (exact) mass is 244 g/mol. The Morgan fingerprint density at radius 1 is 1.11 bits per heavy atom. The Morgan fingerprint density at radius 3 is 2.61 bits per heavy atom. The summed E-state index contributed by atoms with van der Waals surface area (Å²) in [5, 5.41) is 0. The van der Waals surface area contributed by atoms with Crippen LogP contribution in [0.5, 0.6) is 0 Å². The van der Waals surface area contributed by atoms with Crippen LogP contribution in [0.4, 0.5) is 5.69 Å². The van der Waals surface area contributed by atoms with Crippen molar-refractivity contribution in [1.82, 2.24) is 9.55 Å². The molecule has 0 aliphatic carbocycles. The van der Waals surface area contributed by atoms with Gasteiger partial charge in [0.2, 0.25) is 0 Å². The van der Waals surface area contributed by atoms with Crippen LogP contribution < -0.4 is 11.5 Å². The third-order valence-corrected chi connectivity index (χ3v) is 3.00. The number of hydrogen-bond acceptors (Lipinski definition) is 3. The van der Waals surface area contributed by atoms with E-state index in [2.05, 4.69) is 9.55 Å². The standard InChI is InChI=1S/C14H20N4/c15-7-1-2-9-18-10-8-17-14(18)11-12-3-5-13(16)6-4-12/h3-6,8,10H,1-2,7,9,11,15-16H2. The van der Waals surface area contributed by atoms with Crippen LogP contribution in [-0.2, 0) is 13.0 Å². The van der Waals surface area contributed by atoms with Crippen molar-refractivity contribution < 1.29 is 0 Å². The molecule has 4 heteroatoms. The van der Waals surface area contributed by atoms with E-state index >= 15 is 0 Å². The Hall–Kier alpha value is -1.81. The van der Waals surface area contributed by atoms with Gasteiger partial charge in [-0.15, -0.1) is 0 Å². The van der Waals surface area contributed by atoms with Gasteiger partial charge < -0.3 is 16.0 Å². The zero-order chi connectivity index (χ0) is 12.8. The van der Waals surface area contributed by atoms with E-state index in [1.54, 1.807) is 0 Å². The van der Waals surface area contributed by atoms with Gasteiger partial charge in [-0.3, -0.25) is 0 Å². The van der Waals surface area contributed by atoms with Crippen LogP contribution in [0, 0.1) is 0 Å². The van der Waals surface area contributed by atoms with Crippen LogP contribution in [0.25, 0.3) is 0 Å². The molecule has 4 N–H and O–H groups in total. The molecule has 0 amide bonds. The summed E-state index contributed by atoms with van der Waals surface area (Å²) in [7, 11) is 0. The third-order valence-electron chi connectivity index (χ3n) is 3.00. The second-order valence-electron chi connectivity index (χ2n) is 4.45. The molecule has 0 aliphatic heterocycles. The molecule has 0 bridgehead atoms. The van der Waals surface area contributed by atoms with Crippen molar-refractivity contribution in [2.45, 2.75) is 25.8 Å². The fraction of sp³-hybridized carbons (Fsp3) is 0.357. The number of rotatable bonds is 6. The molecule has 0 unspecified atom stereocenters. The van der Waals surface area contributed by atoms with Crippen LogP contribution in [-0.4, -0.2) is 16.1 Å². The highest BCUT2D eigenvalue weighted by Crippen LogP contribution is 2.11. The van der Waals surface area contributed by atoms with E-state index < -0.39 is 0 Å². The van der Waals surface area contributed by atoms with Crippen molar-refractivity contribution >= 4 is 5.69 Å². The lowest BCUT2D eigenvalue weighted by atomic mass is 10.1. The number of anilines is 1. The van der Waals surface area contributed by atoms with Crippen LogP contribution >= 0.6 is 0 Å². The van der Waals surface area contributed by atoms with Crippen LogP contribution in [0.1, 0.15) is 24.2 Å². The number of nitrogens with two attached hydrogens (primary N) is 2. The second kappa shape index (κ2) is 6.21. The van der Waals surface area contributed by atoms with E-state index in [1.165, 1.54) is 5.56 Å². The number of hydrogen-bond donors (Lipinski definition) is 2. The van der Waals surface area contributed by atoms with Gasteiger partial charge in [0, 0.05) is 31.0 Å². The molecule has 1 heterocycles. The normalized spacial score (nSPS) is 10.7. The number of imidazole rings is 1. The summed E-state index contributed by atoms with van der Waals surface area (Å²) in [6.07, 6.45) is 6.88. The Balaban J connectivity index is 2.00. The van der Waals surface area contributed by atoms with Crippen molar-refractivity contribution in [2.24, 2.45) is 5.73 Å². The Kier molecular flexibility index (Phi) is 4.36. The van der Waals surface area contributed by atoms with Gasteiger partial charge in [0.1, 0.15) is 5.82 Å². The molecule has 4 nitrogen and oxygen atoms in total. The van der Waals surface area contributed by atoms with Crippen LogP contribution in [0.2, 0.25) is 0 Å². The van der Waals surface area contributed by atoms with Crippen molar-refractivity contribution in [3.05, 3.63) is 48.0 Å². The van der Waals surface area contributed by atoms with Gasteiger partial charge in [0.25, 0.3) is 0 Å². The average molecular weight is 244 g/mol. The number of aryl methyl sites for hydroxylation is 1. The molecule has 1 aromatic carbocycles. The first-order valence-corrected chi connectivity index (χ1v) is 6.34. The summed E-state index contributed by atoms with van der Waals surface area (Å²) in [5.41, 5.74) is 13.2. The van der Waals surface area contributed by atoms with E-state index in [1.807, 2.05) is 36.7 Å². The van der Waals surface area contributed by atoms with Crippen molar-refractivity contribution in [3.8, 4) is 0 Å². The summed E-state index contributed by atoms with van der Waals surface area (Å²) in [6, 6.07) is 7.95.